The van der Waals surface area contributed by atoms with Crippen LogP contribution in [0.25, 0.3) is 0 Å². The Labute approximate surface area is 118 Å². The maximum atomic E-state index is 5.53. The lowest BCUT2D eigenvalue weighted by molar-refractivity contribution is -0.197. The second kappa shape index (κ2) is 10.9. The van der Waals surface area contributed by atoms with Crippen molar-refractivity contribution < 1.29 is 28.4 Å². The first kappa shape index (κ1) is 19.2. The van der Waals surface area contributed by atoms with E-state index in [1.165, 1.54) is 0 Å². The van der Waals surface area contributed by atoms with Gasteiger partial charge >= 0.3 is 0 Å². The zero-order valence-corrected chi connectivity index (χ0v) is 13.7. The maximum Gasteiger partial charge on any atom is 0.178 e. The lowest BCUT2D eigenvalue weighted by Gasteiger charge is -2.26. The number of hydrogen-bond donors (Lipinski definition) is 0. The molecule has 0 saturated heterocycles. The average molecular weight is 298 g/mol. The topological polar surface area (TPSA) is 55.4 Å². The molecule has 19 heavy (non-hydrogen) atoms. The summed E-state index contributed by atoms with van der Waals surface area (Å²) in [7, 11) is 5.70. The van der Waals surface area contributed by atoms with Gasteiger partial charge in [0.1, 0.15) is 0 Å². The summed E-state index contributed by atoms with van der Waals surface area (Å²) in [6.45, 7) is 7.19. The Kier molecular flexibility index (Phi) is 11.0. The van der Waals surface area contributed by atoms with Gasteiger partial charge in [0, 0.05) is 14.2 Å². The van der Waals surface area contributed by atoms with E-state index in [2.05, 4.69) is 9.24 Å². The van der Waals surface area contributed by atoms with Crippen molar-refractivity contribution in [3.05, 3.63) is 0 Å². The van der Waals surface area contributed by atoms with Crippen LogP contribution in [0.15, 0.2) is 0 Å². The smallest absolute Gasteiger partial charge is 0.178 e. The number of hydrogen-bond acceptors (Lipinski definition) is 6. The highest BCUT2D eigenvalue weighted by atomic mass is 31.0. The zero-order valence-electron chi connectivity index (χ0n) is 12.5. The Morgan fingerprint density at radius 1 is 0.842 bits per heavy atom. The standard InChI is InChI=1S/C12H27O6P/c1-10(13-4)15-6-8-17-12(3,19)18-9-7-16-11(2)14-5/h10-11H,6-9,19H2,1-5H3. The van der Waals surface area contributed by atoms with Crippen molar-refractivity contribution in [3.8, 4) is 0 Å². The van der Waals surface area contributed by atoms with E-state index in [0.717, 1.165) is 0 Å². The van der Waals surface area contributed by atoms with Gasteiger partial charge in [-0.1, -0.05) is 9.24 Å². The first-order chi connectivity index (χ1) is 8.91. The molecule has 6 nitrogen and oxygen atoms in total. The van der Waals surface area contributed by atoms with Gasteiger partial charge in [0.25, 0.3) is 0 Å². The van der Waals surface area contributed by atoms with E-state index in [9.17, 15) is 0 Å². The highest BCUT2D eigenvalue weighted by Gasteiger charge is 2.19. The summed E-state index contributed by atoms with van der Waals surface area (Å²) in [5.74, 6) is 0. The van der Waals surface area contributed by atoms with E-state index in [4.69, 9.17) is 28.4 Å². The normalized spacial score (nSPS) is 18.0. The summed E-state index contributed by atoms with van der Waals surface area (Å²) in [6.07, 6.45) is -0.464. The average Bonchev–Trinajstić information content (AvgIpc) is 2.39. The number of ether oxygens (including phenoxy) is 6. The molecule has 0 aromatic carbocycles. The number of methoxy groups -OCH3 is 2. The molecule has 0 bridgehead atoms. The summed E-state index contributed by atoms with van der Waals surface area (Å²) in [5, 5.41) is 0. The van der Waals surface area contributed by atoms with Crippen LogP contribution in [0.2, 0.25) is 0 Å². The Morgan fingerprint density at radius 2 is 1.21 bits per heavy atom. The van der Waals surface area contributed by atoms with Crippen LogP contribution in [-0.2, 0) is 28.4 Å². The summed E-state index contributed by atoms with van der Waals surface area (Å²) >= 11 is 0. The Hall–Kier alpha value is 0.190. The highest BCUT2D eigenvalue weighted by Crippen LogP contribution is 2.20. The van der Waals surface area contributed by atoms with Crippen LogP contribution in [0.5, 0.6) is 0 Å². The molecule has 0 N–H and O–H groups in total. The third-order valence-electron chi connectivity index (χ3n) is 2.31. The zero-order chi connectivity index (χ0) is 14.7. The molecule has 0 rings (SSSR count). The summed E-state index contributed by atoms with van der Waals surface area (Å²) in [4.78, 5) is 0. The van der Waals surface area contributed by atoms with Crippen molar-refractivity contribution in [1.29, 1.82) is 0 Å². The molecule has 0 radical (unpaired) electrons. The van der Waals surface area contributed by atoms with Crippen molar-refractivity contribution in [2.45, 2.75) is 38.9 Å². The van der Waals surface area contributed by atoms with E-state index in [0.29, 0.717) is 26.4 Å². The lowest BCUT2D eigenvalue weighted by atomic mass is 10.6. The third kappa shape index (κ3) is 11.7. The van der Waals surface area contributed by atoms with Crippen molar-refractivity contribution in [2.24, 2.45) is 0 Å². The maximum absolute atomic E-state index is 5.53. The van der Waals surface area contributed by atoms with Crippen LogP contribution in [-0.4, -0.2) is 58.8 Å². The minimum absolute atomic E-state index is 0.232. The van der Waals surface area contributed by atoms with Crippen LogP contribution in [0, 0.1) is 0 Å². The SMILES string of the molecule is COC(C)OCCOC(C)(P)OCCOC(C)OC. The van der Waals surface area contributed by atoms with E-state index >= 15 is 0 Å². The predicted molar refractivity (Wildman–Crippen MR) is 74.9 cm³/mol. The molecule has 0 amide bonds. The molecule has 0 aliphatic rings. The van der Waals surface area contributed by atoms with Crippen LogP contribution in [0.4, 0.5) is 0 Å². The van der Waals surface area contributed by atoms with Crippen molar-refractivity contribution >= 4 is 9.24 Å². The highest BCUT2D eigenvalue weighted by molar-refractivity contribution is 7.18. The first-order valence-corrected chi connectivity index (χ1v) is 6.84. The fraction of sp³-hybridized carbons (Fsp3) is 1.00. The van der Waals surface area contributed by atoms with E-state index in [1.807, 2.05) is 20.8 Å². The molecule has 0 saturated carbocycles. The third-order valence-corrected chi connectivity index (χ3v) is 2.65. The van der Waals surface area contributed by atoms with E-state index in [-0.39, 0.29) is 12.6 Å². The van der Waals surface area contributed by atoms with Gasteiger partial charge in [0.05, 0.1) is 26.4 Å². The minimum Gasteiger partial charge on any atom is -0.356 e. The molecule has 0 aliphatic heterocycles. The molecule has 0 aromatic rings. The van der Waals surface area contributed by atoms with Crippen molar-refractivity contribution in [1.82, 2.24) is 0 Å². The second-order valence-corrected chi connectivity index (χ2v) is 5.11. The van der Waals surface area contributed by atoms with Gasteiger partial charge in [-0.15, -0.1) is 0 Å². The van der Waals surface area contributed by atoms with Gasteiger partial charge in [-0.2, -0.15) is 0 Å². The van der Waals surface area contributed by atoms with Crippen LogP contribution in [0.3, 0.4) is 0 Å². The van der Waals surface area contributed by atoms with Gasteiger partial charge in [0.15, 0.2) is 18.1 Å². The van der Waals surface area contributed by atoms with Gasteiger partial charge in [0.2, 0.25) is 0 Å². The molecule has 0 fully saturated rings. The lowest BCUT2D eigenvalue weighted by Crippen LogP contribution is -2.29. The molecule has 0 heterocycles. The summed E-state index contributed by atoms with van der Waals surface area (Å²) in [6, 6.07) is 0. The molecular weight excluding hydrogens is 271 g/mol. The quantitative estimate of drug-likeness (QED) is 0.310. The fourth-order valence-corrected chi connectivity index (χ4v) is 1.33. The second-order valence-electron chi connectivity index (χ2n) is 4.06. The molecular formula is C12H27O6P. The fourth-order valence-electron chi connectivity index (χ4n) is 1.09. The minimum atomic E-state index is -0.751. The summed E-state index contributed by atoms with van der Waals surface area (Å²) < 4.78 is 31.6. The van der Waals surface area contributed by atoms with Gasteiger partial charge < -0.3 is 28.4 Å². The van der Waals surface area contributed by atoms with Gasteiger partial charge in [-0.3, -0.25) is 0 Å². The largest absolute Gasteiger partial charge is 0.356 e. The van der Waals surface area contributed by atoms with E-state index in [1.54, 1.807) is 14.2 Å². The van der Waals surface area contributed by atoms with Crippen LogP contribution >= 0.6 is 9.24 Å². The molecule has 0 aliphatic carbocycles. The Balaban J connectivity index is 3.57. The Morgan fingerprint density at radius 3 is 1.53 bits per heavy atom. The predicted octanol–water partition coefficient (Wildman–Crippen LogP) is 1.59. The van der Waals surface area contributed by atoms with Gasteiger partial charge in [-0.25, -0.2) is 0 Å². The molecule has 3 unspecified atom stereocenters. The van der Waals surface area contributed by atoms with Crippen LogP contribution in [0.1, 0.15) is 20.8 Å². The monoisotopic (exact) mass is 298 g/mol. The van der Waals surface area contributed by atoms with Crippen LogP contribution < -0.4 is 0 Å². The molecule has 3 atom stereocenters. The summed E-state index contributed by atoms with van der Waals surface area (Å²) in [5.41, 5.74) is -0.751. The number of rotatable bonds is 12. The molecule has 0 spiro atoms. The van der Waals surface area contributed by atoms with Crippen molar-refractivity contribution in [2.75, 3.05) is 40.6 Å². The first-order valence-electron chi connectivity index (χ1n) is 6.27. The van der Waals surface area contributed by atoms with Gasteiger partial charge in [-0.05, 0) is 20.8 Å². The molecule has 116 valence electrons. The van der Waals surface area contributed by atoms with Crippen molar-refractivity contribution in [3.63, 3.8) is 0 Å². The molecule has 0 aromatic heterocycles. The molecule has 7 heteroatoms. The Bertz CT molecular complexity index is 194. The van der Waals surface area contributed by atoms with E-state index < -0.39 is 5.53 Å².